The molecule has 1 rings (SSSR count). The van der Waals surface area contributed by atoms with Crippen molar-refractivity contribution in [3.05, 3.63) is 29.8 Å². The van der Waals surface area contributed by atoms with Gasteiger partial charge in [0.15, 0.2) is 0 Å². The lowest BCUT2D eigenvalue weighted by Gasteiger charge is -2.05. The number of carbonyl (C=O) groups excluding carboxylic acids is 2. The maximum atomic E-state index is 10.9. The van der Waals surface area contributed by atoms with E-state index in [1.165, 1.54) is 12.1 Å². The van der Waals surface area contributed by atoms with E-state index in [9.17, 15) is 9.59 Å². The van der Waals surface area contributed by atoms with E-state index < -0.39 is 11.9 Å². The summed E-state index contributed by atoms with van der Waals surface area (Å²) in [4.78, 5) is 21.7. The highest BCUT2D eigenvalue weighted by molar-refractivity contribution is 6.26. The zero-order valence-electron chi connectivity index (χ0n) is 7.20. The average Bonchev–Trinajstić information content (AvgIpc) is 2.18. The van der Waals surface area contributed by atoms with E-state index in [0.717, 1.165) is 0 Å². The Morgan fingerprint density at radius 3 is 2.57 bits per heavy atom. The molecule has 0 unspecified atom stereocenters. The fourth-order valence-corrected chi connectivity index (χ4v) is 0.964. The van der Waals surface area contributed by atoms with Crippen LogP contribution in [0.25, 0.3) is 0 Å². The summed E-state index contributed by atoms with van der Waals surface area (Å²) in [6.07, 6.45) is 0. The molecule has 0 saturated carbocycles. The molecule has 14 heavy (non-hydrogen) atoms. The Kier molecular flexibility index (Phi) is 3.48. The van der Waals surface area contributed by atoms with Crippen molar-refractivity contribution < 1.29 is 14.3 Å². The molecule has 0 spiro atoms. The first-order chi connectivity index (χ1) is 6.65. The second-order valence-corrected chi connectivity index (χ2v) is 2.74. The number of benzene rings is 1. The van der Waals surface area contributed by atoms with Crippen molar-refractivity contribution in [1.82, 2.24) is 0 Å². The number of amides is 1. The maximum Gasteiger partial charge on any atom is 0.326 e. The third-order valence-electron chi connectivity index (χ3n) is 1.49. The number of primary amides is 1. The van der Waals surface area contributed by atoms with Crippen LogP contribution in [0.2, 0.25) is 0 Å². The Balaban J connectivity index is 2.95. The lowest BCUT2D eigenvalue weighted by molar-refractivity contribution is -0.131. The first kappa shape index (κ1) is 10.5. The van der Waals surface area contributed by atoms with Gasteiger partial charge in [-0.15, -0.1) is 11.6 Å². The molecular formula is C9H8ClNO3. The Morgan fingerprint density at radius 1 is 1.36 bits per heavy atom. The van der Waals surface area contributed by atoms with E-state index in [-0.39, 0.29) is 17.2 Å². The highest BCUT2D eigenvalue weighted by Gasteiger charge is 2.11. The van der Waals surface area contributed by atoms with Crippen LogP contribution in [-0.4, -0.2) is 17.8 Å². The summed E-state index contributed by atoms with van der Waals surface area (Å²) < 4.78 is 4.78. The molecule has 0 bridgehead atoms. The minimum absolute atomic E-state index is 0.130. The number of rotatable bonds is 3. The van der Waals surface area contributed by atoms with Gasteiger partial charge in [0.25, 0.3) is 5.91 Å². The summed E-state index contributed by atoms with van der Waals surface area (Å²) >= 11 is 5.24. The number of ether oxygens (including phenoxy) is 1. The second-order valence-electron chi connectivity index (χ2n) is 2.47. The van der Waals surface area contributed by atoms with E-state index in [4.69, 9.17) is 22.1 Å². The van der Waals surface area contributed by atoms with Crippen LogP contribution in [0, 0.1) is 0 Å². The molecule has 2 N–H and O–H groups in total. The van der Waals surface area contributed by atoms with Crippen molar-refractivity contribution in [2.75, 3.05) is 5.88 Å². The van der Waals surface area contributed by atoms with Crippen LogP contribution in [0.1, 0.15) is 10.4 Å². The lowest BCUT2D eigenvalue weighted by atomic mass is 10.2. The number of hydrogen-bond donors (Lipinski definition) is 1. The van der Waals surface area contributed by atoms with Crippen LogP contribution >= 0.6 is 11.6 Å². The molecule has 0 heterocycles. The molecular weight excluding hydrogens is 206 g/mol. The number of alkyl halides is 1. The van der Waals surface area contributed by atoms with Gasteiger partial charge in [0, 0.05) is 0 Å². The molecule has 0 aromatic heterocycles. The van der Waals surface area contributed by atoms with E-state index >= 15 is 0 Å². The minimum atomic E-state index is -0.650. The average molecular weight is 214 g/mol. The minimum Gasteiger partial charge on any atom is -0.425 e. The molecule has 74 valence electrons. The van der Waals surface area contributed by atoms with Gasteiger partial charge in [0.05, 0.1) is 5.56 Å². The zero-order chi connectivity index (χ0) is 10.6. The van der Waals surface area contributed by atoms with Gasteiger partial charge in [0.1, 0.15) is 11.6 Å². The third-order valence-corrected chi connectivity index (χ3v) is 1.70. The van der Waals surface area contributed by atoms with Gasteiger partial charge in [0.2, 0.25) is 0 Å². The highest BCUT2D eigenvalue weighted by Crippen LogP contribution is 2.17. The van der Waals surface area contributed by atoms with Crippen LogP contribution in [0.3, 0.4) is 0 Å². The van der Waals surface area contributed by atoms with Gasteiger partial charge >= 0.3 is 5.97 Å². The molecule has 1 aromatic carbocycles. The van der Waals surface area contributed by atoms with Crippen molar-refractivity contribution >= 4 is 23.5 Å². The molecule has 1 aromatic rings. The summed E-state index contributed by atoms with van der Waals surface area (Å²) in [6, 6.07) is 6.20. The van der Waals surface area contributed by atoms with E-state index in [2.05, 4.69) is 0 Å². The van der Waals surface area contributed by atoms with Gasteiger partial charge in [-0.1, -0.05) is 12.1 Å². The highest BCUT2D eigenvalue weighted by atomic mass is 35.5. The Morgan fingerprint density at radius 2 is 2.00 bits per heavy atom. The van der Waals surface area contributed by atoms with Crippen molar-refractivity contribution in [1.29, 1.82) is 0 Å². The summed E-state index contributed by atoms with van der Waals surface area (Å²) in [7, 11) is 0. The number of para-hydroxylation sites is 1. The Labute approximate surface area is 85.6 Å². The predicted octanol–water partition coefficient (Wildman–Crippen LogP) is 0.930. The first-order valence-electron chi connectivity index (χ1n) is 3.80. The van der Waals surface area contributed by atoms with Crippen LogP contribution in [0.5, 0.6) is 5.75 Å². The van der Waals surface area contributed by atoms with Crippen LogP contribution in [-0.2, 0) is 4.79 Å². The monoisotopic (exact) mass is 213 g/mol. The molecule has 0 saturated heterocycles. The largest absolute Gasteiger partial charge is 0.425 e. The molecule has 0 atom stereocenters. The van der Waals surface area contributed by atoms with Crippen LogP contribution < -0.4 is 10.5 Å². The molecule has 1 amide bonds. The van der Waals surface area contributed by atoms with Gasteiger partial charge in [-0.3, -0.25) is 9.59 Å². The van der Waals surface area contributed by atoms with Crippen molar-refractivity contribution in [2.45, 2.75) is 0 Å². The molecule has 5 heteroatoms. The van der Waals surface area contributed by atoms with Crippen LogP contribution in [0.15, 0.2) is 24.3 Å². The van der Waals surface area contributed by atoms with Gasteiger partial charge < -0.3 is 10.5 Å². The molecule has 0 aliphatic heterocycles. The Bertz CT molecular complexity index is 365. The van der Waals surface area contributed by atoms with Crippen molar-refractivity contribution in [3.8, 4) is 5.75 Å². The standard InChI is InChI=1S/C9H8ClNO3/c10-5-8(12)14-7-4-2-1-3-6(7)9(11)13/h1-4H,5H2,(H2,11,13). The van der Waals surface area contributed by atoms with E-state index in [0.29, 0.717) is 0 Å². The molecule has 0 fully saturated rings. The molecule has 0 radical (unpaired) electrons. The summed E-state index contributed by atoms with van der Waals surface area (Å²) in [5, 5.41) is 0. The third kappa shape index (κ3) is 2.47. The van der Waals surface area contributed by atoms with E-state index in [1.54, 1.807) is 12.1 Å². The number of nitrogens with two attached hydrogens (primary N) is 1. The van der Waals surface area contributed by atoms with Crippen LogP contribution in [0.4, 0.5) is 0 Å². The first-order valence-corrected chi connectivity index (χ1v) is 4.34. The molecule has 4 nitrogen and oxygen atoms in total. The van der Waals surface area contributed by atoms with E-state index in [1.807, 2.05) is 0 Å². The summed E-state index contributed by atoms with van der Waals surface area (Å²) in [5.74, 6) is -1.42. The van der Waals surface area contributed by atoms with Crippen molar-refractivity contribution in [2.24, 2.45) is 5.73 Å². The fraction of sp³-hybridized carbons (Fsp3) is 0.111. The summed E-state index contributed by atoms with van der Waals surface area (Å²) in [6.45, 7) is 0. The topological polar surface area (TPSA) is 69.4 Å². The Hall–Kier alpha value is -1.55. The smallest absolute Gasteiger partial charge is 0.326 e. The maximum absolute atomic E-state index is 10.9. The zero-order valence-corrected chi connectivity index (χ0v) is 7.95. The van der Waals surface area contributed by atoms with Crippen molar-refractivity contribution in [3.63, 3.8) is 0 Å². The summed E-state index contributed by atoms with van der Waals surface area (Å²) in [5.41, 5.74) is 5.23. The normalized spacial score (nSPS) is 9.50. The number of halogens is 1. The second kappa shape index (κ2) is 4.62. The lowest BCUT2D eigenvalue weighted by Crippen LogP contribution is -2.16. The SMILES string of the molecule is NC(=O)c1ccccc1OC(=O)CCl. The van der Waals surface area contributed by atoms with Gasteiger partial charge in [-0.05, 0) is 12.1 Å². The number of carbonyl (C=O) groups is 2. The quantitative estimate of drug-likeness (QED) is 0.461. The predicted molar refractivity (Wildman–Crippen MR) is 51.3 cm³/mol. The molecule has 0 aliphatic carbocycles. The van der Waals surface area contributed by atoms with Gasteiger partial charge in [-0.2, -0.15) is 0 Å². The van der Waals surface area contributed by atoms with Gasteiger partial charge in [-0.25, -0.2) is 0 Å². The number of hydrogen-bond acceptors (Lipinski definition) is 3. The fourth-order valence-electron chi connectivity index (χ4n) is 0.909. The number of esters is 1. The molecule has 0 aliphatic rings.